The summed E-state index contributed by atoms with van der Waals surface area (Å²) >= 11 is 6.28. The first kappa shape index (κ1) is 21.4. The third-order valence-corrected chi connectivity index (χ3v) is 5.79. The van der Waals surface area contributed by atoms with E-state index >= 15 is 0 Å². The summed E-state index contributed by atoms with van der Waals surface area (Å²) in [4.78, 5) is 26.7. The third-order valence-electron chi connectivity index (χ3n) is 5.38. The Morgan fingerprint density at radius 1 is 1.28 bits per heavy atom. The molecule has 1 aliphatic carbocycles. The topological polar surface area (TPSA) is 67.2 Å². The zero-order valence-corrected chi connectivity index (χ0v) is 18.1. The van der Waals surface area contributed by atoms with Gasteiger partial charge in [0.2, 0.25) is 5.91 Å². The van der Waals surface area contributed by atoms with Gasteiger partial charge >= 0.3 is 0 Å². The van der Waals surface area contributed by atoms with Crippen molar-refractivity contribution >= 4 is 23.4 Å². The fourth-order valence-corrected chi connectivity index (χ4v) is 3.65. The maximum atomic E-state index is 12.8. The normalized spacial score (nSPS) is 13.4. The summed E-state index contributed by atoms with van der Waals surface area (Å²) in [7, 11) is 0. The number of benzene rings is 1. The Hall–Kier alpha value is -2.34. The second-order valence-electron chi connectivity index (χ2n) is 7.49. The van der Waals surface area contributed by atoms with Gasteiger partial charge in [-0.2, -0.15) is 5.10 Å². The monoisotopic (exact) mass is 416 g/mol. The fraction of sp³-hybridized carbons (Fsp3) is 0.500. The highest BCUT2D eigenvalue weighted by atomic mass is 35.5. The predicted molar refractivity (Wildman–Crippen MR) is 115 cm³/mol. The average Bonchev–Trinajstić information content (AvgIpc) is 3.46. The molecule has 156 valence electrons. The van der Waals surface area contributed by atoms with Gasteiger partial charge in [-0.15, -0.1) is 0 Å². The van der Waals surface area contributed by atoms with E-state index in [-0.39, 0.29) is 11.8 Å². The van der Waals surface area contributed by atoms with Crippen molar-refractivity contribution in [2.75, 3.05) is 19.6 Å². The van der Waals surface area contributed by atoms with Crippen LogP contribution in [0.4, 0.5) is 0 Å². The van der Waals surface area contributed by atoms with E-state index in [0.29, 0.717) is 49.0 Å². The van der Waals surface area contributed by atoms with Crippen LogP contribution in [0.2, 0.25) is 5.02 Å². The standard InChI is InChI=1S/C22H29ClN4O2/c1-4-26(5-2)20(28)7-6-12-24-22(29)18-14-25-27(21(18)16-9-10-16)17-11-8-15(3)19(23)13-17/h8,11,13-14,16H,4-7,9-10,12H2,1-3H3,(H,24,29). The SMILES string of the molecule is CCN(CC)C(=O)CCCNC(=O)c1cnn(-c2ccc(C)c(Cl)c2)c1C1CC1. The number of nitrogens with one attached hydrogen (secondary N) is 1. The van der Waals surface area contributed by atoms with Crippen LogP contribution in [0.1, 0.15) is 67.1 Å². The number of rotatable bonds is 9. The van der Waals surface area contributed by atoms with Crippen LogP contribution < -0.4 is 5.32 Å². The number of amides is 2. The number of aromatic nitrogens is 2. The Balaban J connectivity index is 1.66. The van der Waals surface area contributed by atoms with Crippen molar-refractivity contribution in [2.24, 2.45) is 0 Å². The Morgan fingerprint density at radius 3 is 2.62 bits per heavy atom. The third kappa shape index (κ3) is 4.99. The molecule has 6 nitrogen and oxygen atoms in total. The summed E-state index contributed by atoms with van der Waals surface area (Å²) in [6, 6.07) is 5.82. The van der Waals surface area contributed by atoms with Crippen LogP contribution in [0.25, 0.3) is 5.69 Å². The van der Waals surface area contributed by atoms with Crippen molar-refractivity contribution in [2.45, 2.75) is 52.4 Å². The van der Waals surface area contributed by atoms with E-state index in [9.17, 15) is 9.59 Å². The van der Waals surface area contributed by atoms with Crippen LogP contribution in [0.5, 0.6) is 0 Å². The smallest absolute Gasteiger partial charge is 0.254 e. The van der Waals surface area contributed by atoms with Gasteiger partial charge in [-0.25, -0.2) is 4.68 Å². The fourth-order valence-electron chi connectivity index (χ4n) is 3.47. The highest BCUT2D eigenvalue weighted by Crippen LogP contribution is 2.42. The highest BCUT2D eigenvalue weighted by Gasteiger charge is 2.33. The molecule has 1 aliphatic rings. The molecule has 1 aromatic heterocycles. The maximum absolute atomic E-state index is 12.8. The van der Waals surface area contributed by atoms with Crippen LogP contribution in [0.3, 0.4) is 0 Å². The first-order valence-corrected chi connectivity index (χ1v) is 10.7. The molecule has 0 spiro atoms. The lowest BCUT2D eigenvalue weighted by Crippen LogP contribution is -2.31. The van der Waals surface area contributed by atoms with E-state index in [1.165, 1.54) is 0 Å². The van der Waals surface area contributed by atoms with Gasteiger partial charge in [-0.05, 0) is 57.7 Å². The number of hydrogen-bond acceptors (Lipinski definition) is 3. The number of aryl methyl sites for hydroxylation is 1. The minimum atomic E-state index is -0.133. The van der Waals surface area contributed by atoms with Crippen LogP contribution >= 0.6 is 11.6 Å². The molecule has 1 fully saturated rings. The molecule has 1 aromatic carbocycles. The highest BCUT2D eigenvalue weighted by molar-refractivity contribution is 6.31. The van der Waals surface area contributed by atoms with Crippen LogP contribution in [-0.4, -0.2) is 46.1 Å². The second kappa shape index (κ2) is 9.44. The quantitative estimate of drug-likeness (QED) is 0.626. The van der Waals surface area contributed by atoms with Gasteiger partial charge in [-0.1, -0.05) is 17.7 Å². The van der Waals surface area contributed by atoms with E-state index in [0.717, 1.165) is 29.8 Å². The molecule has 3 rings (SSSR count). The van der Waals surface area contributed by atoms with Gasteiger partial charge in [0.15, 0.2) is 0 Å². The molecule has 0 radical (unpaired) electrons. The summed E-state index contributed by atoms with van der Waals surface area (Å²) in [6.07, 6.45) is 4.83. The molecule has 2 aromatic rings. The van der Waals surface area contributed by atoms with Gasteiger partial charge in [0.1, 0.15) is 0 Å². The van der Waals surface area contributed by atoms with Gasteiger partial charge in [-0.3, -0.25) is 9.59 Å². The molecule has 0 aliphatic heterocycles. The van der Waals surface area contributed by atoms with E-state index in [4.69, 9.17) is 11.6 Å². The van der Waals surface area contributed by atoms with Crippen molar-refractivity contribution in [3.8, 4) is 5.69 Å². The molecule has 1 N–H and O–H groups in total. The van der Waals surface area contributed by atoms with Crippen molar-refractivity contribution in [1.82, 2.24) is 20.0 Å². The number of carbonyl (C=O) groups excluding carboxylic acids is 2. The average molecular weight is 417 g/mol. The number of nitrogens with zero attached hydrogens (tertiary/aromatic N) is 3. The molecule has 1 saturated carbocycles. The zero-order chi connectivity index (χ0) is 21.0. The Bertz CT molecular complexity index is 885. The molecule has 0 bridgehead atoms. The van der Waals surface area contributed by atoms with E-state index in [2.05, 4.69) is 10.4 Å². The van der Waals surface area contributed by atoms with Crippen molar-refractivity contribution in [3.05, 3.63) is 46.2 Å². The lowest BCUT2D eigenvalue weighted by atomic mass is 10.1. The molecule has 29 heavy (non-hydrogen) atoms. The van der Waals surface area contributed by atoms with Gasteiger partial charge < -0.3 is 10.2 Å². The lowest BCUT2D eigenvalue weighted by molar-refractivity contribution is -0.130. The van der Waals surface area contributed by atoms with Crippen molar-refractivity contribution in [3.63, 3.8) is 0 Å². The minimum Gasteiger partial charge on any atom is -0.352 e. The molecular weight excluding hydrogens is 388 g/mol. The molecule has 1 heterocycles. The van der Waals surface area contributed by atoms with Crippen molar-refractivity contribution in [1.29, 1.82) is 0 Å². The Morgan fingerprint density at radius 2 is 2.00 bits per heavy atom. The first-order valence-electron chi connectivity index (χ1n) is 10.4. The minimum absolute atomic E-state index is 0.131. The van der Waals surface area contributed by atoms with Gasteiger partial charge in [0, 0.05) is 37.0 Å². The summed E-state index contributed by atoms with van der Waals surface area (Å²) < 4.78 is 1.84. The molecular formula is C22H29ClN4O2. The summed E-state index contributed by atoms with van der Waals surface area (Å²) in [5, 5.41) is 8.11. The number of hydrogen-bond donors (Lipinski definition) is 1. The van der Waals surface area contributed by atoms with Crippen LogP contribution in [0.15, 0.2) is 24.4 Å². The van der Waals surface area contributed by atoms with E-state index < -0.39 is 0 Å². The molecule has 7 heteroatoms. The second-order valence-corrected chi connectivity index (χ2v) is 7.90. The van der Waals surface area contributed by atoms with E-state index in [1.807, 2.05) is 48.6 Å². The molecule has 0 unspecified atom stereocenters. The Labute approximate surface area is 177 Å². The van der Waals surface area contributed by atoms with Crippen LogP contribution in [0, 0.1) is 6.92 Å². The largest absolute Gasteiger partial charge is 0.352 e. The molecule has 2 amide bonds. The first-order chi connectivity index (χ1) is 14.0. The molecule has 0 saturated heterocycles. The van der Waals surface area contributed by atoms with Crippen molar-refractivity contribution < 1.29 is 9.59 Å². The van der Waals surface area contributed by atoms with Gasteiger partial charge in [0.05, 0.1) is 23.1 Å². The van der Waals surface area contributed by atoms with Crippen LogP contribution in [-0.2, 0) is 4.79 Å². The maximum Gasteiger partial charge on any atom is 0.254 e. The lowest BCUT2D eigenvalue weighted by Gasteiger charge is -2.18. The summed E-state index contributed by atoms with van der Waals surface area (Å²) in [5.74, 6) is 0.348. The van der Waals surface area contributed by atoms with E-state index in [1.54, 1.807) is 6.20 Å². The summed E-state index contributed by atoms with van der Waals surface area (Å²) in [5.41, 5.74) is 3.43. The predicted octanol–water partition coefficient (Wildman–Crippen LogP) is 4.09. The molecule has 0 atom stereocenters. The number of halogens is 1. The van der Waals surface area contributed by atoms with Gasteiger partial charge in [0.25, 0.3) is 5.91 Å². The number of carbonyl (C=O) groups is 2. The Kier molecular flexibility index (Phi) is 6.96. The summed E-state index contributed by atoms with van der Waals surface area (Å²) in [6.45, 7) is 7.81. The zero-order valence-electron chi connectivity index (χ0n) is 17.4.